The number of hydrogen-bond donors (Lipinski definition) is 1. The molecule has 224 valence electrons. The third kappa shape index (κ3) is 5.20. The van der Waals surface area contributed by atoms with E-state index >= 15 is 0 Å². The normalized spacial score (nSPS) is 33.0. The second-order valence-corrected chi connectivity index (χ2v) is 13.5. The third-order valence-electron chi connectivity index (χ3n) is 11.2. The molecule has 3 saturated carbocycles. The minimum Gasteiger partial charge on any atom is -0.493 e. The van der Waals surface area contributed by atoms with E-state index in [2.05, 4.69) is 31.0 Å². The summed E-state index contributed by atoms with van der Waals surface area (Å²) in [6, 6.07) is 5.94. The fraction of sp³-hybridized carbons (Fsp3) is 0.571. The van der Waals surface area contributed by atoms with Crippen molar-refractivity contribution in [3.63, 3.8) is 0 Å². The number of methoxy groups -OCH3 is 1. The van der Waals surface area contributed by atoms with E-state index in [4.69, 9.17) is 9.47 Å². The minimum absolute atomic E-state index is 0.136. The molecule has 0 amide bonds. The summed E-state index contributed by atoms with van der Waals surface area (Å²) >= 11 is 0. The topological polar surface area (TPSA) is 90.6 Å². The van der Waals surface area contributed by atoms with Gasteiger partial charge in [-0.2, -0.15) is 0 Å². The lowest BCUT2D eigenvalue weighted by Crippen LogP contribution is -2.50. The summed E-state index contributed by atoms with van der Waals surface area (Å²) in [6.07, 6.45) is 18.0. The van der Waals surface area contributed by atoms with Crippen LogP contribution in [-0.2, 0) is 16.1 Å². The predicted molar refractivity (Wildman–Crippen MR) is 161 cm³/mol. The molecule has 1 aromatic carbocycles. The number of imidazole rings is 1. The number of carbonyl (C=O) groups excluding carboxylic acids is 1. The van der Waals surface area contributed by atoms with Crippen LogP contribution >= 0.6 is 0 Å². The smallest absolute Gasteiger partial charge is 0.303 e. The Morgan fingerprint density at radius 1 is 1.14 bits per heavy atom. The van der Waals surface area contributed by atoms with Gasteiger partial charge in [-0.15, -0.1) is 0 Å². The Hall–Kier alpha value is -3.35. The number of ether oxygens (including phenoxy) is 2. The van der Waals surface area contributed by atoms with Gasteiger partial charge in [0.05, 0.1) is 20.0 Å². The highest BCUT2D eigenvalue weighted by Crippen LogP contribution is 2.65. The van der Waals surface area contributed by atoms with E-state index in [-0.39, 0.29) is 23.2 Å². The van der Waals surface area contributed by atoms with Gasteiger partial charge in [-0.3, -0.25) is 9.59 Å². The van der Waals surface area contributed by atoms with Gasteiger partial charge in [-0.05, 0) is 110 Å². The van der Waals surface area contributed by atoms with Crippen LogP contribution in [-0.4, -0.2) is 40.1 Å². The summed E-state index contributed by atoms with van der Waals surface area (Å²) < 4.78 is 13.7. The number of aliphatic carboxylic acids is 1. The Morgan fingerprint density at radius 3 is 2.74 bits per heavy atom. The second-order valence-electron chi connectivity index (χ2n) is 13.5. The number of aryl methyl sites for hydroxylation is 1. The van der Waals surface area contributed by atoms with Gasteiger partial charge < -0.3 is 19.1 Å². The van der Waals surface area contributed by atoms with Crippen LogP contribution in [0.4, 0.5) is 0 Å². The number of carboxylic acids is 1. The van der Waals surface area contributed by atoms with Crippen LogP contribution in [0.25, 0.3) is 6.08 Å². The average molecular weight is 573 g/mol. The number of carboxylic acid groups (broad SMARTS) is 1. The maximum absolute atomic E-state index is 13.9. The number of ketones is 1. The molecule has 0 bridgehead atoms. The van der Waals surface area contributed by atoms with Crippen LogP contribution in [0, 0.1) is 34.5 Å². The highest BCUT2D eigenvalue weighted by atomic mass is 16.5. The van der Waals surface area contributed by atoms with Gasteiger partial charge >= 0.3 is 5.97 Å². The van der Waals surface area contributed by atoms with Gasteiger partial charge in [-0.25, -0.2) is 4.98 Å². The van der Waals surface area contributed by atoms with Crippen molar-refractivity contribution >= 4 is 17.8 Å². The van der Waals surface area contributed by atoms with Crippen molar-refractivity contribution < 1.29 is 24.2 Å². The lowest BCUT2D eigenvalue weighted by molar-refractivity contribution is -0.138. The summed E-state index contributed by atoms with van der Waals surface area (Å²) in [5, 5.41) is 9.34. The van der Waals surface area contributed by atoms with Gasteiger partial charge in [0.1, 0.15) is 0 Å². The second kappa shape index (κ2) is 11.4. The SMILES string of the molecule is COc1cc(C=C2C[C@H]3[C@@H]4CC=C5CC(CC(=O)O)CC[C@]5(C)[C@@H]4CC[C@]3(C)C2=O)ccc1OCCCn1ccnc1. The van der Waals surface area contributed by atoms with Gasteiger partial charge in [0.2, 0.25) is 0 Å². The molecule has 6 atom stereocenters. The minimum atomic E-state index is -0.684. The van der Waals surface area contributed by atoms with Crippen LogP contribution in [0.2, 0.25) is 0 Å². The number of fused-ring (bicyclic) bond motifs is 5. The molecule has 4 aliphatic carbocycles. The number of nitrogens with zero attached hydrogens (tertiary/aromatic N) is 2. The molecule has 1 N–H and O–H groups in total. The van der Waals surface area contributed by atoms with Crippen molar-refractivity contribution in [3.05, 3.63) is 59.7 Å². The van der Waals surface area contributed by atoms with Crippen molar-refractivity contribution in [2.75, 3.05) is 13.7 Å². The van der Waals surface area contributed by atoms with Crippen LogP contribution in [0.15, 0.2) is 54.1 Å². The largest absolute Gasteiger partial charge is 0.493 e. The highest BCUT2D eigenvalue weighted by Gasteiger charge is 2.59. The molecular weight excluding hydrogens is 528 g/mol. The summed E-state index contributed by atoms with van der Waals surface area (Å²) in [6.45, 7) is 6.06. The van der Waals surface area contributed by atoms with E-state index in [0.29, 0.717) is 41.6 Å². The number of benzene rings is 1. The fourth-order valence-electron chi connectivity index (χ4n) is 8.90. The molecule has 0 radical (unpaired) electrons. The van der Waals surface area contributed by atoms with Crippen molar-refractivity contribution in [2.24, 2.45) is 34.5 Å². The van der Waals surface area contributed by atoms with Gasteiger partial charge in [0.25, 0.3) is 0 Å². The quantitative estimate of drug-likeness (QED) is 0.198. The molecule has 1 aromatic heterocycles. The third-order valence-corrected chi connectivity index (χ3v) is 11.2. The van der Waals surface area contributed by atoms with Gasteiger partial charge in [0.15, 0.2) is 17.3 Å². The summed E-state index contributed by atoms with van der Waals surface area (Å²) in [7, 11) is 1.65. The molecule has 42 heavy (non-hydrogen) atoms. The van der Waals surface area contributed by atoms with Gasteiger partial charge in [-0.1, -0.05) is 31.6 Å². The van der Waals surface area contributed by atoms with Crippen molar-refractivity contribution in [2.45, 2.75) is 78.2 Å². The molecular formula is C35H44N2O5. The fourth-order valence-corrected chi connectivity index (χ4v) is 8.90. The Bertz CT molecular complexity index is 1390. The number of Topliss-reactive ketones (excluding diaryl/α,β-unsaturated/α-hetero) is 1. The molecule has 0 saturated heterocycles. The highest BCUT2D eigenvalue weighted by molar-refractivity contribution is 6.06. The van der Waals surface area contributed by atoms with Crippen LogP contribution in [0.3, 0.4) is 0 Å². The summed E-state index contributed by atoms with van der Waals surface area (Å²) in [5.41, 5.74) is 3.22. The zero-order valence-corrected chi connectivity index (χ0v) is 25.2. The van der Waals surface area contributed by atoms with Gasteiger partial charge in [0, 0.05) is 30.8 Å². The van der Waals surface area contributed by atoms with E-state index in [9.17, 15) is 14.7 Å². The standard InChI is InChI=1S/C35H44N2O5/c1-34-11-9-24(20-32(38)39)18-26(34)6-7-27-28(34)10-12-35(2)29(27)21-25(33(35)40)17-23-5-8-30(31(19-23)41-3)42-16-4-14-37-15-13-36-22-37/h5-6,8,13,15,17,19,22,24,27-29H,4,7,9-12,14,16,18,20-21H2,1-3H3,(H,38,39)/t24?,27-,28-,29+,34+,35+/m1/s1. The molecule has 2 aromatic rings. The zero-order valence-electron chi connectivity index (χ0n) is 25.2. The molecule has 0 spiro atoms. The van der Waals surface area contributed by atoms with E-state index in [0.717, 1.165) is 69.0 Å². The van der Waals surface area contributed by atoms with Crippen LogP contribution < -0.4 is 9.47 Å². The first-order valence-corrected chi connectivity index (χ1v) is 15.6. The molecule has 1 unspecified atom stereocenters. The van der Waals surface area contributed by atoms with E-state index in [1.54, 1.807) is 13.3 Å². The number of hydrogen-bond acceptors (Lipinski definition) is 5. The Balaban J connectivity index is 1.16. The first-order chi connectivity index (χ1) is 20.2. The van der Waals surface area contributed by atoms with E-state index in [1.807, 2.05) is 35.3 Å². The average Bonchev–Trinajstić information content (AvgIpc) is 3.58. The maximum atomic E-state index is 13.9. The molecule has 0 aliphatic heterocycles. The van der Waals surface area contributed by atoms with Crippen LogP contribution in [0.1, 0.15) is 77.2 Å². The molecule has 6 rings (SSSR count). The predicted octanol–water partition coefficient (Wildman–Crippen LogP) is 6.98. The number of rotatable bonds is 9. The van der Waals surface area contributed by atoms with Crippen LogP contribution in [0.5, 0.6) is 11.5 Å². The number of allylic oxidation sites excluding steroid dienone is 3. The monoisotopic (exact) mass is 572 g/mol. The van der Waals surface area contributed by atoms with Crippen molar-refractivity contribution in [3.8, 4) is 11.5 Å². The Kier molecular flexibility index (Phi) is 7.79. The first-order valence-electron chi connectivity index (χ1n) is 15.6. The molecule has 7 nitrogen and oxygen atoms in total. The van der Waals surface area contributed by atoms with Crippen molar-refractivity contribution in [1.82, 2.24) is 9.55 Å². The van der Waals surface area contributed by atoms with Crippen molar-refractivity contribution in [1.29, 1.82) is 0 Å². The summed E-state index contributed by atoms with van der Waals surface area (Å²) in [4.78, 5) is 29.4. The summed E-state index contributed by atoms with van der Waals surface area (Å²) in [5.74, 6) is 2.69. The molecule has 4 aliphatic rings. The Labute approximate surface area is 249 Å². The number of aromatic nitrogens is 2. The lowest BCUT2D eigenvalue weighted by Gasteiger charge is -2.57. The molecule has 7 heteroatoms. The zero-order chi connectivity index (χ0) is 29.5. The molecule has 3 fully saturated rings. The lowest BCUT2D eigenvalue weighted by atomic mass is 9.47. The van der Waals surface area contributed by atoms with E-state index < -0.39 is 5.97 Å². The number of carbonyl (C=O) groups is 2. The first kappa shape index (κ1) is 28.8. The molecule has 1 heterocycles. The van der Waals surface area contributed by atoms with E-state index in [1.165, 1.54) is 5.57 Å². The maximum Gasteiger partial charge on any atom is 0.303 e. The Morgan fingerprint density at radius 2 is 1.98 bits per heavy atom.